The van der Waals surface area contributed by atoms with Crippen LogP contribution >= 0.6 is 0 Å². The Morgan fingerprint density at radius 2 is 1.88 bits per heavy atom. The van der Waals surface area contributed by atoms with Crippen LogP contribution in [-0.2, 0) is 4.79 Å². The van der Waals surface area contributed by atoms with Gasteiger partial charge < -0.3 is 5.32 Å². The highest BCUT2D eigenvalue weighted by Crippen LogP contribution is 2.22. The molecule has 0 radical (unpaired) electrons. The van der Waals surface area contributed by atoms with Crippen LogP contribution in [0.2, 0.25) is 0 Å². The van der Waals surface area contributed by atoms with E-state index in [9.17, 15) is 4.79 Å². The van der Waals surface area contributed by atoms with Gasteiger partial charge in [-0.3, -0.25) is 4.79 Å². The van der Waals surface area contributed by atoms with Crippen molar-refractivity contribution in [3.05, 3.63) is 12.2 Å². The minimum absolute atomic E-state index is 0.0263. The zero-order valence-corrected chi connectivity index (χ0v) is 11.4. The molecule has 0 aliphatic rings. The first-order valence-corrected chi connectivity index (χ1v) is 6.33. The molecule has 0 saturated carbocycles. The summed E-state index contributed by atoms with van der Waals surface area (Å²) in [6.45, 7) is 12.7. The summed E-state index contributed by atoms with van der Waals surface area (Å²) in [7, 11) is 0. The minimum Gasteiger partial charge on any atom is -0.352 e. The van der Waals surface area contributed by atoms with E-state index in [-0.39, 0.29) is 11.3 Å². The van der Waals surface area contributed by atoms with E-state index < -0.39 is 0 Å². The average Bonchev–Trinajstić information content (AvgIpc) is 2.21. The topological polar surface area (TPSA) is 29.1 Å². The molecular formula is C14H27NO. The van der Waals surface area contributed by atoms with Crippen LogP contribution in [0.4, 0.5) is 0 Å². The Morgan fingerprint density at radius 3 is 2.38 bits per heavy atom. The molecule has 0 unspecified atom stereocenters. The van der Waals surface area contributed by atoms with Crippen molar-refractivity contribution in [2.45, 2.75) is 59.8 Å². The van der Waals surface area contributed by atoms with E-state index in [0.29, 0.717) is 5.57 Å². The summed E-state index contributed by atoms with van der Waals surface area (Å²) in [5, 5.41) is 2.92. The van der Waals surface area contributed by atoms with Crippen LogP contribution in [0, 0.1) is 5.41 Å². The van der Waals surface area contributed by atoms with Gasteiger partial charge in [-0.25, -0.2) is 0 Å². The van der Waals surface area contributed by atoms with Crippen LogP contribution < -0.4 is 5.32 Å². The van der Waals surface area contributed by atoms with Crippen LogP contribution in [0.5, 0.6) is 0 Å². The third-order valence-electron chi connectivity index (χ3n) is 2.82. The molecule has 16 heavy (non-hydrogen) atoms. The maximum atomic E-state index is 11.4. The van der Waals surface area contributed by atoms with Gasteiger partial charge >= 0.3 is 0 Å². The summed E-state index contributed by atoms with van der Waals surface area (Å²) in [5.41, 5.74) is 0.778. The normalized spacial score (nSPS) is 11.2. The number of hydrogen-bond donors (Lipinski definition) is 1. The summed E-state index contributed by atoms with van der Waals surface area (Å²) >= 11 is 0. The van der Waals surface area contributed by atoms with E-state index in [1.165, 1.54) is 32.1 Å². The second kappa shape index (κ2) is 7.48. The van der Waals surface area contributed by atoms with Crippen molar-refractivity contribution in [2.24, 2.45) is 5.41 Å². The Balaban J connectivity index is 3.77. The van der Waals surface area contributed by atoms with E-state index >= 15 is 0 Å². The summed E-state index contributed by atoms with van der Waals surface area (Å²) in [5.74, 6) is -0.0263. The average molecular weight is 225 g/mol. The number of amides is 1. The SMILES string of the molecule is C=C(C)C(=O)NCC(C)(C)CCCCCC. The molecule has 0 aromatic heterocycles. The number of rotatable bonds is 8. The van der Waals surface area contributed by atoms with Crippen molar-refractivity contribution in [1.82, 2.24) is 5.32 Å². The Bertz CT molecular complexity index is 231. The molecule has 0 aliphatic carbocycles. The van der Waals surface area contributed by atoms with Gasteiger partial charge in [-0.1, -0.05) is 53.0 Å². The van der Waals surface area contributed by atoms with Gasteiger partial charge in [0.25, 0.3) is 0 Å². The molecule has 2 nitrogen and oxygen atoms in total. The quantitative estimate of drug-likeness (QED) is 0.495. The Labute approximate surface area is 101 Å². The van der Waals surface area contributed by atoms with Crippen LogP contribution in [0.3, 0.4) is 0 Å². The van der Waals surface area contributed by atoms with Gasteiger partial charge in [-0.2, -0.15) is 0 Å². The summed E-state index contributed by atoms with van der Waals surface area (Å²) in [4.78, 5) is 11.4. The molecule has 2 heteroatoms. The molecule has 0 heterocycles. The lowest BCUT2D eigenvalue weighted by molar-refractivity contribution is -0.117. The highest BCUT2D eigenvalue weighted by atomic mass is 16.1. The van der Waals surface area contributed by atoms with Crippen LogP contribution in [0.25, 0.3) is 0 Å². The number of carbonyl (C=O) groups is 1. The minimum atomic E-state index is -0.0263. The molecule has 0 aromatic rings. The van der Waals surface area contributed by atoms with Gasteiger partial charge in [0.1, 0.15) is 0 Å². The zero-order chi connectivity index (χ0) is 12.6. The number of carbonyl (C=O) groups excluding carboxylic acids is 1. The smallest absolute Gasteiger partial charge is 0.246 e. The lowest BCUT2D eigenvalue weighted by Gasteiger charge is -2.25. The summed E-state index contributed by atoms with van der Waals surface area (Å²) < 4.78 is 0. The van der Waals surface area contributed by atoms with Crippen LogP contribution in [0.1, 0.15) is 59.8 Å². The van der Waals surface area contributed by atoms with Crippen LogP contribution in [0.15, 0.2) is 12.2 Å². The predicted molar refractivity (Wildman–Crippen MR) is 70.4 cm³/mol. The first kappa shape index (κ1) is 15.2. The van der Waals surface area contributed by atoms with Crippen molar-refractivity contribution >= 4 is 5.91 Å². The maximum absolute atomic E-state index is 11.4. The molecule has 0 rings (SSSR count). The van der Waals surface area contributed by atoms with Gasteiger partial charge in [0.15, 0.2) is 0 Å². The second-order valence-electron chi connectivity index (χ2n) is 5.44. The van der Waals surface area contributed by atoms with Gasteiger partial charge in [-0.05, 0) is 18.8 Å². The van der Waals surface area contributed by atoms with Crippen molar-refractivity contribution in [1.29, 1.82) is 0 Å². The van der Waals surface area contributed by atoms with Crippen molar-refractivity contribution < 1.29 is 4.79 Å². The summed E-state index contributed by atoms with van der Waals surface area (Å²) in [6.07, 6.45) is 6.31. The van der Waals surface area contributed by atoms with Crippen molar-refractivity contribution in [3.63, 3.8) is 0 Å². The standard InChI is InChI=1S/C14H27NO/c1-6-7-8-9-10-14(4,5)11-15-13(16)12(2)3/h2,6-11H2,1,3-5H3,(H,15,16). The summed E-state index contributed by atoms with van der Waals surface area (Å²) in [6, 6.07) is 0. The highest BCUT2D eigenvalue weighted by Gasteiger charge is 2.18. The molecular weight excluding hydrogens is 198 g/mol. The van der Waals surface area contributed by atoms with E-state index in [0.717, 1.165) is 6.54 Å². The molecule has 94 valence electrons. The molecule has 0 spiro atoms. The van der Waals surface area contributed by atoms with Crippen LogP contribution in [-0.4, -0.2) is 12.5 Å². The number of nitrogens with one attached hydrogen (secondary N) is 1. The van der Waals surface area contributed by atoms with E-state index in [1.807, 2.05) is 0 Å². The lowest BCUT2D eigenvalue weighted by atomic mass is 9.86. The fourth-order valence-corrected chi connectivity index (χ4v) is 1.59. The Hall–Kier alpha value is -0.790. The first-order valence-electron chi connectivity index (χ1n) is 6.33. The lowest BCUT2D eigenvalue weighted by Crippen LogP contribution is -2.34. The molecule has 0 aromatic carbocycles. The molecule has 0 bridgehead atoms. The zero-order valence-electron chi connectivity index (χ0n) is 11.4. The Kier molecular flexibility index (Phi) is 7.11. The third kappa shape index (κ3) is 7.49. The third-order valence-corrected chi connectivity index (χ3v) is 2.82. The monoisotopic (exact) mass is 225 g/mol. The van der Waals surface area contributed by atoms with Gasteiger partial charge in [0, 0.05) is 12.1 Å². The van der Waals surface area contributed by atoms with E-state index in [2.05, 4.69) is 32.7 Å². The molecule has 1 N–H and O–H groups in total. The first-order chi connectivity index (χ1) is 7.39. The maximum Gasteiger partial charge on any atom is 0.246 e. The molecule has 0 aliphatic heterocycles. The van der Waals surface area contributed by atoms with E-state index in [1.54, 1.807) is 6.92 Å². The number of unbranched alkanes of at least 4 members (excludes halogenated alkanes) is 3. The molecule has 0 atom stereocenters. The highest BCUT2D eigenvalue weighted by molar-refractivity contribution is 5.92. The largest absolute Gasteiger partial charge is 0.352 e. The molecule has 1 amide bonds. The van der Waals surface area contributed by atoms with Crippen molar-refractivity contribution in [3.8, 4) is 0 Å². The second-order valence-corrected chi connectivity index (χ2v) is 5.44. The molecule has 0 fully saturated rings. The van der Waals surface area contributed by atoms with Gasteiger partial charge in [0.05, 0.1) is 0 Å². The predicted octanol–water partition coefficient (Wildman–Crippen LogP) is 3.68. The fraction of sp³-hybridized carbons (Fsp3) is 0.786. The van der Waals surface area contributed by atoms with E-state index in [4.69, 9.17) is 0 Å². The fourth-order valence-electron chi connectivity index (χ4n) is 1.59. The Morgan fingerprint density at radius 1 is 1.25 bits per heavy atom. The van der Waals surface area contributed by atoms with Crippen molar-refractivity contribution in [2.75, 3.05) is 6.54 Å². The van der Waals surface area contributed by atoms with Gasteiger partial charge in [-0.15, -0.1) is 0 Å². The van der Waals surface area contributed by atoms with Gasteiger partial charge in [0.2, 0.25) is 5.91 Å². The number of hydrogen-bond acceptors (Lipinski definition) is 1. The molecule has 0 saturated heterocycles.